The molecule has 2 unspecified atom stereocenters. The number of piperidine rings is 1. The number of nitrogens with two attached hydrogens (primary N) is 1. The summed E-state index contributed by atoms with van der Waals surface area (Å²) < 4.78 is 5.30. The van der Waals surface area contributed by atoms with Crippen molar-refractivity contribution in [3.8, 4) is 0 Å². The molecule has 100 valence electrons. The van der Waals surface area contributed by atoms with Gasteiger partial charge in [-0.1, -0.05) is 13.3 Å². The minimum Gasteiger partial charge on any atom is -0.378 e. The van der Waals surface area contributed by atoms with Gasteiger partial charge < -0.3 is 15.4 Å². The molecular weight excluding hydrogens is 216 g/mol. The standard InChI is InChI=1S/C13H26N2O2/c1-5-10-9-15(7-6-11(10)14)12(16)8-13(2,3)17-4/h10-11H,5-9,14H2,1-4H3. The van der Waals surface area contributed by atoms with Crippen molar-refractivity contribution in [2.24, 2.45) is 11.7 Å². The number of hydrogen-bond acceptors (Lipinski definition) is 3. The molecule has 0 radical (unpaired) electrons. The van der Waals surface area contributed by atoms with Crippen LogP contribution in [0, 0.1) is 5.92 Å². The van der Waals surface area contributed by atoms with E-state index in [1.165, 1.54) is 0 Å². The molecule has 1 saturated heterocycles. The molecule has 1 aliphatic rings. The summed E-state index contributed by atoms with van der Waals surface area (Å²) in [6, 6.07) is 0.250. The van der Waals surface area contributed by atoms with Crippen molar-refractivity contribution in [3.63, 3.8) is 0 Å². The molecule has 1 heterocycles. The Morgan fingerprint density at radius 1 is 1.53 bits per heavy atom. The van der Waals surface area contributed by atoms with Crippen molar-refractivity contribution in [1.29, 1.82) is 0 Å². The van der Waals surface area contributed by atoms with Crippen LogP contribution in [-0.2, 0) is 9.53 Å². The Kier molecular flexibility index (Phi) is 4.95. The fourth-order valence-corrected chi connectivity index (χ4v) is 2.26. The summed E-state index contributed by atoms with van der Waals surface area (Å²) in [5.41, 5.74) is 5.67. The van der Waals surface area contributed by atoms with Gasteiger partial charge in [-0.3, -0.25) is 4.79 Å². The maximum atomic E-state index is 12.1. The maximum Gasteiger partial charge on any atom is 0.225 e. The monoisotopic (exact) mass is 242 g/mol. The quantitative estimate of drug-likeness (QED) is 0.810. The van der Waals surface area contributed by atoms with Gasteiger partial charge in [0.2, 0.25) is 5.91 Å². The molecule has 0 aromatic rings. The van der Waals surface area contributed by atoms with Crippen molar-refractivity contribution in [2.75, 3.05) is 20.2 Å². The van der Waals surface area contributed by atoms with E-state index < -0.39 is 0 Å². The highest BCUT2D eigenvalue weighted by Gasteiger charge is 2.30. The first-order valence-corrected chi connectivity index (χ1v) is 6.48. The van der Waals surface area contributed by atoms with Gasteiger partial charge in [0.15, 0.2) is 0 Å². The minimum atomic E-state index is -0.377. The predicted octanol–water partition coefficient (Wildman–Crippen LogP) is 1.39. The van der Waals surface area contributed by atoms with E-state index in [4.69, 9.17) is 10.5 Å². The smallest absolute Gasteiger partial charge is 0.225 e. The average molecular weight is 242 g/mol. The highest BCUT2D eigenvalue weighted by molar-refractivity contribution is 5.77. The number of hydrogen-bond donors (Lipinski definition) is 1. The van der Waals surface area contributed by atoms with Gasteiger partial charge in [-0.25, -0.2) is 0 Å². The molecule has 0 aliphatic carbocycles. The first-order chi connectivity index (χ1) is 7.89. The summed E-state index contributed by atoms with van der Waals surface area (Å²) in [6.45, 7) is 7.61. The number of methoxy groups -OCH3 is 1. The highest BCUT2D eigenvalue weighted by atomic mass is 16.5. The van der Waals surface area contributed by atoms with Crippen molar-refractivity contribution >= 4 is 5.91 Å². The molecule has 0 aromatic heterocycles. The molecule has 1 fully saturated rings. The molecule has 2 atom stereocenters. The molecule has 1 aliphatic heterocycles. The zero-order chi connectivity index (χ0) is 13.1. The number of carbonyl (C=O) groups is 1. The number of carbonyl (C=O) groups excluding carboxylic acids is 1. The minimum absolute atomic E-state index is 0.183. The lowest BCUT2D eigenvalue weighted by atomic mass is 9.90. The average Bonchev–Trinajstić information content (AvgIpc) is 2.29. The van der Waals surface area contributed by atoms with Crippen LogP contribution in [0.25, 0.3) is 0 Å². The van der Waals surface area contributed by atoms with Gasteiger partial charge >= 0.3 is 0 Å². The lowest BCUT2D eigenvalue weighted by molar-refractivity contribution is -0.138. The van der Waals surface area contributed by atoms with Gasteiger partial charge in [0.05, 0.1) is 12.0 Å². The van der Waals surface area contributed by atoms with E-state index in [-0.39, 0.29) is 17.6 Å². The third-order valence-corrected chi connectivity index (χ3v) is 3.80. The lowest BCUT2D eigenvalue weighted by Gasteiger charge is -2.37. The lowest BCUT2D eigenvalue weighted by Crippen LogP contribution is -2.50. The molecule has 0 spiro atoms. The second-order valence-electron chi connectivity index (χ2n) is 5.60. The van der Waals surface area contributed by atoms with Crippen LogP contribution in [0.1, 0.15) is 40.0 Å². The van der Waals surface area contributed by atoms with Crippen molar-refractivity contribution in [3.05, 3.63) is 0 Å². The molecule has 0 bridgehead atoms. The summed E-state index contributed by atoms with van der Waals surface area (Å²) in [5.74, 6) is 0.626. The van der Waals surface area contributed by atoms with Crippen LogP contribution in [-0.4, -0.2) is 42.6 Å². The molecule has 0 saturated carbocycles. The normalized spacial score (nSPS) is 26.1. The van der Waals surface area contributed by atoms with E-state index in [0.717, 1.165) is 25.9 Å². The highest BCUT2D eigenvalue weighted by Crippen LogP contribution is 2.21. The van der Waals surface area contributed by atoms with Crippen LogP contribution in [0.4, 0.5) is 0 Å². The largest absolute Gasteiger partial charge is 0.378 e. The fourth-order valence-electron chi connectivity index (χ4n) is 2.26. The zero-order valence-electron chi connectivity index (χ0n) is 11.5. The third-order valence-electron chi connectivity index (χ3n) is 3.80. The predicted molar refractivity (Wildman–Crippen MR) is 68.7 cm³/mol. The van der Waals surface area contributed by atoms with Crippen LogP contribution in [0.3, 0.4) is 0 Å². The first-order valence-electron chi connectivity index (χ1n) is 6.48. The number of amides is 1. The Labute approximate surface area is 104 Å². The van der Waals surface area contributed by atoms with Crippen LogP contribution in [0.2, 0.25) is 0 Å². The van der Waals surface area contributed by atoms with Crippen LogP contribution in [0.5, 0.6) is 0 Å². The summed E-state index contributed by atoms with van der Waals surface area (Å²) >= 11 is 0. The number of ether oxygens (including phenoxy) is 1. The van der Waals surface area contributed by atoms with E-state index in [1.807, 2.05) is 18.7 Å². The van der Waals surface area contributed by atoms with Crippen LogP contribution >= 0.6 is 0 Å². The summed E-state index contributed by atoms with van der Waals surface area (Å²) in [7, 11) is 1.65. The zero-order valence-corrected chi connectivity index (χ0v) is 11.5. The molecule has 0 aromatic carbocycles. The fraction of sp³-hybridized carbons (Fsp3) is 0.923. The maximum absolute atomic E-state index is 12.1. The van der Waals surface area contributed by atoms with Gasteiger partial charge in [0.25, 0.3) is 0 Å². The van der Waals surface area contributed by atoms with Crippen molar-refractivity contribution < 1.29 is 9.53 Å². The van der Waals surface area contributed by atoms with Gasteiger partial charge in [-0.2, -0.15) is 0 Å². The van der Waals surface area contributed by atoms with Crippen LogP contribution in [0.15, 0.2) is 0 Å². The van der Waals surface area contributed by atoms with E-state index in [0.29, 0.717) is 12.3 Å². The van der Waals surface area contributed by atoms with Crippen molar-refractivity contribution in [2.45, 2.75) is 51.7 Å². The second kappa shape index (κ2) is 5.83. The Bertz CT molecular complexity index is 266. The summed E-state index contributed by atoms with van der Waals surface area (Å²) in [4.78, 5) is 14.1. The van der Waals surface area contributed by atoms with E-state index >= 15 is 0 Å². The molecular formula is C13H26N2O2. The van der Waals surface area contributed by atoms with Crippen LogP contribution < -0.4 is 5.73 Å². The SMILES string of the molecule is CCC1CN(C(=O)CC(C)(C)OC)CCC1N. The second-order valence-corrected chi connectivity index (χ2v) is 5.60. The number of rotatable bonds is 4. The Morgan fingerprint density at radius 2 is 2.18 bits per heavy atom. The van der Waals surface area contributed by atoms with Gasteiger partial charge in [-0.05, 0) is 26.2 Å². The Morgan fingerprint density at radius 3 is 2.71 bits per heavy atom. The molecule has 17 heavy (non-hydrogen) atoms. The summed E-state index contributed by atoms with van der Waals surface area (Å²) in [5, 5.41) is 0. The third kappa shape index (κ3) is 3.96. The number of nitrogens with zero attached hydrogens (tertiary/aromatic N) is 1. The molecule has 1 amide bonds. The van der Waals surface area contributed by atoms with Crippen molar-refractivity contribution in [1.82, 2.24) is 4.90 Å². The molecule has 4 heteroatoms. The van der Waals surface area contributed by atoms with E-state index in [2.05, 4.69) is 6.92 Å². The Hall–Kier alpha value is -0.610. The molecule has 4 nitrogen and oxygen atoms in total. The number of likely N-dealkylation sites (tertiary alicyclic amines) is 1. The van der Waals surface area contributed by atoms with Gasteiger partial charge in [-0.15, -0.1) is 0 Å². The Balaban J connectivity index is 2.53. The first kappa shape index (κ1) is 14.5. The van der Waals surface area contributed by atoms with E-state index in [9.17, 15) is 4.79 Å². The molecule has 2 N–H and O–H groups in total. The topological polar surface area (TPSA) is 55.6 Å². The summed E-state index contributed by atoms with van der Waals surface area (Å²) in [6.07, 6.45) is 2.39. The molecule has 1 rings (SSSR count). The van der Waals surface area contributed by atoms with Gasteiger partial charge in [0.1, 0.15) is 0 Å². The van der Waals surface area contributed by atoms with Gasteiger partial charge in [0, 0.05) is 26.2 Å². The van der Waals surface area contributed by atoms with E-state index in [1.54, 1.807) is 7.11 Å².